The number of carbonyl (C=O) groups is 1. The van der Waals surface area contributed by atoms with Crippen LogP contribution in [0.2, 0.25) is 0 Å². The van der Waals surface area contributed by atoms with Crippen molar-refractivity contribution in [3.8, 4) is 11.9 Å². The van der Waals surface area contributed by atoms with Crippen molar-refractivity contribution in [2.45, 2.75) is 19.1 Å². The van der Waals surface area contributed by atoms with E-state index in [1.165, 1.54) is 23.3 Å². The van der Waals surface area contributed by atoms with Crippen LogP contribution in [-0.2, 0) is 6.18 Å². The van der Waals surface area contributed by atoms with Crippen LogP contribution in [0.25, 0.3) is 5.82 Å². The molecule has 7 nitrogen and oxygen atoms in total. The molecule has 0 aliphatic heterocycles. The molecule has 1 atom stereocenters. The molecule has 3 aromatic rings. The molecule has 29 heavy (non-hydrogen) atoms. The quantitative estimate of drug-likeness (QED) is 0.633. The average molecular weight is 465 g/mol. The first-order valence-electron chi connectivity index (χ1n) is 8.14. The van der Waals surface area contributed by atoms with Crippen LogP contribution >= 0.6 is 15.9 Å². The van der Waals surface area contributed by atoms with Crippen LogP contribution in [0.5, 0.6) is 0 Å². The number of pyridine rings is 1. The summed E-state index contributed by atoms with van der Waals surface area (Å²) in [7, 11) is 0. The van der Waals surface area contributed by atoms with E-state index in [0.29, 0.717) is 17.2 Å². The summed E-state index contributed by atoms with van der Waals surface area (Å²) in [6, 6.07) is 7.35. The highest BCUT2D eigenvalue weighted by atomic mass is 79.9. The van der Waals surface area contributed by atoms with Crippen molar-refractivity contribution in [1.82, 2.24) is 25.1 Å². The topological polar surface area (TPSA) is 96.5 Å². The predicted molar refractivity (Wildman–Crippen MR) is 98.9 cm³/mol. The second-order valence-corrected chi connectivity index (χ2v) is 6.88. The van der Waals surface area contributed by atoms with Crippen LogP contribution in [0.3, 0.4) is 0 Å². The summed E-state index contributed by atoms with van der Waals surface area (Å²) in [5.74, 6) is -0.00681. The molecule has 11 heteroatoms. The van der Waals surface area contributed by atoms with E-state index in [9.17, 15) is 18.0 Å². The number of halogens is 4. The molecule has 2 heterocycles. The van der Waals surface area contributed by atoms with Crippen LogP contribution in [0.1, 0.15) is 40.3 Å². The van der Waals surface area contributed by atoms with E-state index in [2.05, 4.69) is 36.3 Å². The fourth-order valence-corrected chi connectivity index (χ4v) is 3.02. The van der Waals surface area contributed by atoms with Crippen molar-refractivity contribution in [3.63, 3.8) is 0 Å². The molecule has 0 spiro atoms. The Bertz CT molecular complexity index is 1090. The molecular weight excluding hydrogens is 453 g/mol. The number of alkyl halides is 3. The van der Waals surface area contributed by atoms with Gasteiger partial charge in [-0.2, -0.15) is 28.2 Å². The summed E-state index contributed by atoms with van der Waals surface area (Å²) >= 11 is 2.99. The van der Waals surface area contributed by atoms with Crippen molar-refractivity contribution in [3.05, 3.63) is 69.8 Å². The minimum atomic E-state index is -4.58. The summed E-state index contributed by atoms with van der Waals surface area (Å²) in [6.45, 7) is 1.62. The third-order valence-corrected chi connectivity index (χ3v) is 4.35. The molecule has 0 aliphatic carbocycles. The van der Waals surface area contributed by atoms with E-state index in [1.807, 2.05) is 6.07 Å². The summed E-state index contributed by atoms with van der Waals surface area (Å²) in [5.41, 5.74) is -0.720. The molecule has 2 aromatic heterocycles. The first-order chi connectivity index (χ1) is 13.7. The van der Waals surface area contributed by atoms with Crippen molar-refractivity contribution in [1.29, 1.82) is 5.26 Å². The number of hydrogen-bond acceptors (Lipinski definition) is 5. The minimum absolute atomic E-state index is 0.134. The van der Waals surface area contributed by atoms with Gasteiger partial charge in [0, 0.05) is 16.2 Å². The van der Waals surface area contributed by atoms with Gasteiger partial charge < -0.3 is 5.32 Å². The number of carbonyl (C=O) groups excluding carboxylic acids is 1. The van der Waals surface area contributed by atoms with Crippen LogP contribution in [-0.4, -0.2) is 25.7 Å². The molecule has 1 N–H and O–H groups in total. The van der Waals surface area contributed by atoms with Gasteiger partial charge in [-0.05, 0) is 37.3 Å². The van der Waals surface area contributed by atoms with E-state index in [0.717, 1.165) is 12.1 Å². The fraction of sp³-hybridized carbons (Fsp3) is 0.167. The van der Waals surface area contributed by atoms with E-state index < -0.39 is 23.7 Å². The van der Waals surface area contributed by atoms with Crippen LogP contribution < -0.4 is 5.32 Å². The number of amides is 1. The normalized spacial score (nSPS) is 12.3. The van der Waals surface area contributed by atoms with Gasteiger partial charge in [-0.25, -0.2) is 9.97 Å². The van der Waals surface area contributed by atoms with Gasteiger partial charge in [-0.15, -0.1) is 0 Å². The van der Waals surface area contributed by atoms with Gasteiger partial charge >= 0.3 is 6.18 Å². The van der Waals surface area contributed by atoms with Crippen molar-refractivity contribution in [2.24, 2.45) is 0 Å². The zero-order chi connectivity index (χ0) is 21.2. The largest absolute Gasteiger partial charge is 0.416 e. The SMILES string of the molecule is CC(NC(=O)c1cc(Br)cc(C(F)(F)F)c1)c1ncnn1-c1ccc(C#N)cn1. The summed E-state index contributed by atoms with van der Waals surface area (Å²) in [6.07, 6.45) is -1.95. The van der Waals surface area contributed by atoms with Gasteiger partial charge in [0.1, 0.15) is 12.4 Å². The third-order valence-electron chi connectivity index (χ3n) is 3.89. The molecule has 1 unspecified atom stereocenters. The van der Waals surface area contributed by atoms with Crippen molar-refractivity contribution >= 4 is 21.8 Å². The van der Waals surface area contributed by atoms with Gasteiger partial charge in [-0.1, -0.05) is 15.9 Å². The van der Waals surface area contributed by atoms with E-state index in [4.69, 9.17) is 5.26 Å². The van der Waals surface area contributed by atoms with Crippen LogP contribution in [0.15, 0.2) is 47.3 Å². The molecule has 0 saturated heterocycles. The average Bonchev–Trinajstić information content (AvgIpc) is 3.17. The first kappa shape index (κ1) is 20.5. The Morgan fingerprint density at radius 2 is 2.03 bits per heavy atom. The van der Waals surface area contributed by atoms with Crippen molar-refractivity contribution in [2.75, 3.05) is 0 Å². The number of nitrogens with one attached hydrogen (secondary N) is 1. The van der Waals surface area contributed by atoms with Gasteiger partial charge in [0.15, 0.2) is 11.6 Å². The zero-order valence-corrected chi connectivity index (χ0v) is 16.4. The monoisotopic (exact) mass is 464 g/mol. The molecular formula is C18H12BrF3N6O. The molecule has 0 fully saturated rings. The van der Waals surface area contributed by atoms with Crippen LogP contribution in [0, 0.1) is 11.3 Å². The molecule has 0 saturated carbocycles. The molecule has 3 rings (SSSR count). The standard InChI is InChI=1S/C18H12BrF3N6O/c1-10(16-25-9-26-28(16)15-3-2-11(7-23)8-24-15)27-17(29)12-4-13(18(20,21)22)6-14(19)5-12/h2-6,8-10H,1H3,(H,27,29). The number of rotatable bonds is 4. The lowest BCUT2D eigenvalue weighted by atomic mass is 10.1. The highest BCUT2D eigenvalue weighted by Crippen LogP contribution is 2.32. The highest BCUT2D eigenvalue weighted by molar-refractivity contribution is 9.10. The van der Waals surface area contributed by atoms with Gasteiger partial charge in [0.25, 0.3) is 5.91 Å². The number of nitrogens with zero attached hydrogens (tertiary/aromatic N) is 5. The van der Waals surface area contributed by atoms with Crippen molar-refractivity contribution < 1.29 is 18.0 Å². The van der Waals surface area contributed by atoms with Gasteiger partial charge in [0.05, 0.1) is 17.2 Å². The Labute approximate surface area is 171 Å². The minimum Gasteiger partial charge on any atom is -0.342 e. The van der Waals surface area contributed by atoms with E-state index in [1.54, 1.807) is 19.1 Å². The molecule has 0 aliphatic rings. The number of aromatic nitrogens is 4. The predicted octanol–water partition coefficient (Wildman–Crippen LogP) is 3.81. The molecule has 1 aromatic carbocycles. The van der Waals surface area contributed by atoms with E-state index in [-0.39, 0.29) is 10.0 Å². The van der Waals surface area contributed by atoms with E-state index >= 15 is 0 Å². The lowest BCUT2D eigenvalue weighted by molar-refractivity contribution is -0.137. The maximum Gasteiger partial charge on any atom is 0.416 e. The lowest BCUT2D eigenvalue weighted by Crippen LogP contribution is -2.29. The Balaban J connectivity index is 1.84. The summed E-state index contributed by atoms with van der Waals surface area (Å²) < 4.78 is 40.5. The maximum absolute atomic E-state index is 13.0. The van der Waals surface area contributed by atoms with Crippen LogP contribution in [0.4, 0.5) is 13.2 Å². The third kappa shape index (κ3) is 4.60. The second-order valence-electron chi connectivity index (χ2n) is 5.97. The second kappa shape index (κ2) is 8.00. The Morgan fingerprint density at radius 3 is 2.66 bits per heavy atom. The molecule has 0 radical (unpaired) electrons. The number of nitriles is 1. The van der Waals surface area contributed by atoms with Gasteiger partial charge in [0.2, 0.25) is 0 Å². The Hall–Kier alpha value is -3.26. The fourth-order valence-electron chi connectivity index (χ4n) is 2.53. The lowest BCUT2D eigenvalue weighted by Gasteiger charge is -2.15. The maximum atomic E-state index is 13.0. The smallest absolute Gasteiger partial charge is 0.342 e. The van der Waals surface area contributed by atoms with Gasteiger partial charge in [-0.3, -0.25) is 4.79 Å². The Kier molecular flexibility index (Phi) is 5.65. The Morgan fingerprint density at radius 1 is 1.28 bits per heavy atom. The molecule has 148 valence electrons. The first-order valence-corrected chi connectivity index (χ1v) is 8.93. The zero-order valence-electron chi connectivity index (χ0n) is 14.8. The number of benzene rings is 1. The summed E-state index contributed by atoms with van der Waals surface area (Å²) in [5, 5.41) is 15.5. The highest BCUT2D eigenvalue weighted by Gasteiger charge is 2.32. The molecule has 1 amide bonds. The summed E-state index contributed by atoms with van der Waals surface area (Å²) in [4.78, 5) is 20.7. The number of hydrogen-bond donors (Lipinski definition) is 1. The molecule has 0 bridgehead atoms.